The molecule has 29 heavy (non-hydrogen) atoms. The van der Waals surface area contributed by atoms with Crippen LogP contribution >= 0.6 is 11.3 Å². The van der Waals surface area contributed by atoms with Crippen LogP contribution in [0.2, 0.25) is 0 Å². The molecule has 4 heterocycles. The number of nitriles is 1. The molecule has 1 saturated heterocycles. The second kappa shape index (κ2) is 8.53. The standard InChI is InChI=1S/C21H22N6OS/c1-14-21(29-15(2)24-14)18-4-6-20(26-25-18)28-13-16-7-9-27(10-8-16)19-5-3-17(11-22)12-23-19/h3-6,12,16H,7-10,13H2,1-2H3. The van der Waals surface area contributed by atoms with E-state index in [-0.39, 0.29) is 0 Å². The van der Waals surface area contributed by atoms with Gasteiger partial charge in [-0.2, -0.15) is 5.26 Å². The number of hydrogen-bond acceptors (Lipinski definition) is 8. The molecule has 0 aliphatic carbocycles. The average Bonchev–Trinajstić information content (AvgIpc) is 3.11. The van der Waals surface area contributed by atoms with Gasteiger partial charge in [0.15, 0.2) is 0 Å². The van der Waals surface area contributed by atoms with Crippen LogP contribution in [0.4, 0.5) is 5.82 Å². The smallest absolute Gasteiger partial charge is 0.233 e. The number of ether oxygens (including phenoxy) is 1. The number of aromatic nitrogens is 4. The van der Waals surface area contributed by atoms with E-state index in [1.54, 1.807) is 17.5 Å². The lowest BCUT2D eigenvalue weighted by atomic mass is 9.98. The van der Waals surface area contributed by atoms with E-state index in [0.29, 0.717) is 24.0 Å². The maximum atomic E-state index is 8.88. The van der Waals surface area contributed by atoms with Crippen molar-refractivity contribution in [2.75, 3.05) is 24.6 Å². The highest BCUT2D eigenvalue weighted by atomic mass is 32.1. The molecule has 0 saturated carbocycles. The van der Waals surface area contributed by atoms with Crippen LogP contribution in [0.1, 0.15) is 29.1 Å². The highest BCUT2D eigenvalue weighted by Gasteiger charge is 2.21. The zero-order valence-corrected chi connectivity index (χ0v) is 17.3. The molecule has 0 unspecified atom stereocenters. The van der Waals surface area contributed by atoms with Gasteiger partial charge in [-0.05, 0) is 50.8 Å². The van der Waals surface area contributed by atoms with Crippen LogP contribution in [0, 0.1) is 31.1 Å². The van der Waals surface area contributed by atoms with E-state index in [1.165, 1.54) is 0 Å². The largest absolute Gasteiger partial charge is 0.476 e. The van der Waals surface area contributed by atoms with Crippen molar-refractivity contribution in [3.8, 4) is 22.5 Å². The van der Waals surface area contributed by atoms with Gasteiger partial charge < -0.3 is 9.64 Å². The summed E-state index contributed by atoms with van der Waals surface area (Å²) >= 11 is 1.63. The summed E-state index contributed by atoms with van der Waals surface area (Å²) in [5.74, 6) is 1.97. The number of hydrogen-bond donors (Lipinski definition) is 0. The SMILES string of the molecule is Cc1nc(C)c(-c2ccc(OCC3CCN(c4ccc(C#N)cn4)CC3)nn2)s1. The predicted octanol–water partition coefficient (Wildman–Crippen LogP) is 3.78. The van der Waals surface area contributed by atoms with Crippen LogP contribution in [-0.4, -0.2) is 39.9 Å². The average molecular weight is 407 g/mol. The van der Waals surface area contributed by atoms with E-state index in [2.05, 4.69) is 31.1 Å². The number of thiazole rings is 1. The van der Waals surface area contributed by atoms with Crippen LogP contribution < -0.4 is 9.64 Å². The Morgan fingerprint density at radius 3 is 2.59 bits per heavy atom. The Morgan fingerprint density at radius 2 is 2.00 bits per heavy atom. The van der Waals surface area contributed by atoms with Crippen molar-refractivity contribution in [3.05, 3.63) is 46.7 Å². The lowest BCUT2D eigenvalue weighted by molar-refractivity contribution is 0.214. The zero-order chi connectivity index (χ0) is 20.2. The summed E-state index contributed by atoms with van der Waals surface area (Å²) in [5, 5.41) is 18.5. The molecule has 0 N–H and O–H groups in total. The monoisotopic (exact) mass is 406 g/mol. The molecule has 1 aliphatic heterocycles. The number of anilines is 1. The van der Waals surface area contributed by atoms with E-state index in [0.717, 1.165) is 53.0 Å². The number of aryl methyl sites for hydroxylation is 2. The number of piperidine rings is 1. The molecule has 3 aromatic rings. The van der Waals surface area contributed by atoms with E-state index in [1.807, 2.05) is 38.1 Å². The summed E-state index contributed by atoms with van der Waals surface area (Å²) < 4.78 is 5.89. The summed E-state index contributed by atoms with van der Waals surface area (Å²) in [6, 6.07) is 9.66. The molecule has 0 amide bonds. The molecule has 0 atom stereocenters. The van der Waals surface area contributed by atoms with Crippen molar-refractivity contribution in [2.24, 2.45) is 5.92 Å². The van der Waals surface area contributed by atoms with E-state index >= 15 is 0 Å². The van der Waals surface area contributed by atoms with Gasteiger partial charge in [-0.15, -0.1) is 21.5 Å². The molecule has 148 valence electrons. The minimum Gasteiger partial charge on any atom is -0.476 e. The maximum Gasteiger partial charge on any atom is 0.233 e. The molecule has 4 rings (SSSR count). The third-order valence-electron chi connectivity index (χ3n) is 5.06. The van der Waals surface area contributed by atoms with Gasteiger partial charge in [0.05, 0.1) is 27.7 Å². The van der Waals surface area contributed by atoms with Crippen molar-refractivity contribution >= 4 is 17.2 Å². The lowest BCUT2D eigenvalue weighted by Gasteiger charge is -2.32. The molecular weight excluding hydrogens is 384 g/mol. The van der Waals surface area contributed by atoms with Gasteiger partial charge in [0.1, 0.15) is 17.6 Å². The highest BCUT2D eigenvalue weighted by Crippen LogP contribution is 2.28. The van der Waals surface area contributed by atoms with Gasteiger partial charge >= 0.3 is 0 Å². The Kier molecular flexibility index (Phi) is 5.67. The minimum atomic E-state index is 0.484. The van der Waals surface area contributed by atoms with Gasteiger partial charge in [0.2, 0.25) is 5.88 Å². The summed E-state index contributed by atoms with van der Waals surface area (Å²) in [6.07, 6.45) is 3.70. The van der Waals surface area contributed by atoms with Crippen molar-refractivity contribution in [3.63, 3.8) is 0 Å². The third kappa shape index (κ3) is 4.51. The first-order chi connectivity index (χ1) is 14.1. The first-order valence-corrected chi connectivity index (χ1v) is 10.5. The van der Waals surface area contributed by atoms with E-state index in [9.17, 15) is 0 Å². The molecule has 7 nitrogen and oxygen atoms in total. The Hall–Kier alpha value is -3.05. The summed E-state index contributed by atoms with van der Waals surface area (Å²) in [7, 11) is 0. The predicted molar refractivity (Wildman–Crippen MR) is 112 cm³/mol. The number of nitrogens with zero attached hydrogens (tertiary/aromatic N) is 6. The molecule has 0 aromatic carbocycles. The number of pyridine rings is 1. The van der Waals surface area contributed by atoms with Crippen molar-refractivity contribution in [1.29, 1.82) is 5.26 Å². The van der Waals surface area contributed by atoms with Crippen LogP contribution in [0.25, 0.3) is 10.6 Å². The molecule has 0 radical (unpaired) electrons. The lowest BCUT2D eigenvalue weighted by Crippen LogP contribution is -2.36. The Balaban J connectivity index is 1.28. The van der Waals surface area contributed by atoms with Crippen LogP contribution in [0.5, 0.6) is 5.88 Å². The molecule has 0 bridgehead atoms. The molecule has 0 spiro atoms. The molecule has 1 aliphatic rings. The normalized spacial score (nSPS) is 14.6. The van der Waals surface area contributed by atoms with Gasteiger partial charge in [-0.1, -0.05) is 0 Å². The first-order valence-electron chi connectivity index (χ1n) is 9.64. The summed E-state index contributed by atoms with van der Waals surface area (Å²) in [4.78, 5) is 12.1. The van der Waals surface area contributed by atoms with Crippen molar-refractivity contribution < 1.29 is 4.74 Å². The van der Waals surface area contributed by atoms with Crippen LogP contribution in [0.3, 0.4) is 0 Å². The second-order valence-electron chi connectivity index (χ2n) is 7.16. The first kappa shape index (κ1) is 19.3. The minimum absolute atomic E-state index is 0.484. The molecule has 1 fully saturated rings. The number of rotatable bonds is 5. The van der Waals surface area contributed by atoms with Crippen LogP contribution in [-0.2, 0) is 0 Å². The molecule has 8 heteroatoms. The maximum absolute atomic E-state index is 8.88. The highest BCUT2D eigenvalue weighted by molar-refractivity contribution is 7.15. The topological polar surface area (TPSA) is 87.8 Å². The third-order valence-corrected chi connectivity index (χ3v) is 6.15. The Labute approximate surface area is 174 Å². The van der Waals surface area contributed by atoms with Gasteiger partial charge in [0, 0.05) is 25.4 Å². The summed E-state index contributed by atoms with van der Waals surface area (Å²) in [6.45, 7) is 6.49. The van der Waals surface area contributed by atoms with E-state index < -0.39 is 0 Å². The second-order valence-corrected chi connectivity index (χ2v) is 8.37. The Morgan fingerprint density at radius 1 is 1.17 bits per heavy atom. The summed E-state index contributed by atoms with van der Waals surface area (Å²) in [5.41, 5.74) is 2.41. The fourth-order valence-electron chi connectivity index (χ4n) is 3.46. The van der Waals surface area contributed by atoms with Gasteiger partial charge in [-0.25, -0.2) is 9.97 Å². The fourth-order valence-corrected chi connectivity index (χ4v) is 4.34. The van der Waals surface area contributed by atoms with Crippen molar-refractivity contribution in [2.45, 2.75) is 26.7 Å². The van der Waals surface area contributed by atoms with Crippen molar-refractivity contribution in [1.82, 2.24) is 20.2 Å². The molecular formula is C21H22N6OS. The van der Waals surface area contributed by atoms with Gasteiger partial charge in [0.25, 0.3) is 0 Å². The zero-order valence-electron chi connectivity index (χ0n) is 16.5. The van der Waals surface area contributed by atoms with Gasteiger partial charge in [-0.3, -0.25) is 0 Å². The van der Waals surface area contributed by atoms with E-state index in [4.69, 9.17) is 10.00 Å². The molecule has 3 aromatic heterocycles. The quantitative estimate of drug-likeness (QED) is 0.637. The van der Waals surface area contributed by atoms with Crippen LogP contribution in [0.15, 0.2) is 30.5 Å². The Bertz CT molecular complexity index is 1000. The fraction of sp³-hybridized carbons (Fsp3) is 0.381.